The van der Waals surface area contributed by atoms with E-state index in [2.05, 4.69) is 45.1 Å². The lowest BCUT2D eigenvalue weighted by molar-refractivity contribution is 0.475. The van der Waals surface area contributed by atoms with E-state index >= 15 is 0 Å². The van der Waals surface area contributed by atoms with Crippen LogP contribution in [0.5, 0.6) is 0 Å². The van der Waals surface area contributed by atoms with Gasteiger partial charge in [0.05, 0.1) is 12.2 Å². The Labute approximate surface area is 99.4 Å². The summed E-state index contributed by atoms with van der Waals surface area (Å²) in [6.07, 6.45) is 2.87. The van der Waals surface area contributed by atoms with Crippen molar-refractivity contribution in [2.75, 3.05) is 0 Å². The van der Waals surface area contributed by atoms with Gasteiger partial charge in [0.2, 0.25) is 0 Å². The second-order valence-electron chi connectivity index (χ2n) is 4.46. The number of nitrogens with two attached hydrogens (primary N) is 1. The molecule has 3 atom stereocenters. The van der Waals surface area contributed by atoms with Crippen LogP contribution in [0.4, 0.5) is 0 Å². The van der Waals surface area contributed by atoms with Gasteiger partial charge in [0, 0.05) is 0 Å². The third-order valence-corrected chi connectivity index (χ3v) is 3.43. The standard InChI is InChI=1S/C12H15N5/c13-15-12(11-7-14-17-16-11)10-6-9(10)8-4-2-1-3-5-8/h1-5,7,9-10,12,15H,6,13H2,(H,14,16,17). The number of nitrogens with zero attached hydrogens (tertiary/aromatic N) is 2. The van der Waals surface area contributed by atoms with Gasteiger partial charge in [-0.05, 0) is 23.8 Å². The zero-order valence-corrected chi connectivity index (χ0v) is 9.38. The molecule has 3 rings (SSSR count). The van der Waals surface area contributed by atoms with Gasteiger partial charge in [-0.1, -0.05) is 30.3 Å². The molecule has 1 fully saturated rings. The van der Waals surface area contributed by atoms with Crippen molar-refractivity contribution in [1.82, 2.24) is 20.8 Å². The molecule has 1 heterocycles. The molecule has 0 amide bonds. The van der Waals surface area contributed by atoms with E-state index in [-0.39, 0.29) is 6.04 Å². The summed E-state index contributed by atoms with van der Waals surface area (Å²) in [5, 5.41) is 10.6. The van der Waals surface area contributed by atoms with E-state index in [1.54, 1.807) is 6.20 Å². The van der Waals surface area contributed by atoms with Crippen molar-refractivity contribution in [2.24, 2.45) is 11.8 Å². The van der Waals surface area contributed by atoms with Gasteiger partial charge in [0.15, 0.2) is 0 Å². The molecule has 0 spiro atoms. The first kappa shape index (κ1) is 10.4. The van der Waals surface area contributed by atoms with Gasteiger partial charge in [0.1, 0.15) is 5.69 Å². The molecule has 1 aromatic heterocycles. The van der Waals surface area contributed by atoms with Crippen LogP contribution in [0.15, 0.2) is 36.5 Å². The molecule has 17 heavy (non-hydrogen) atoms. The minimum Gasteiger partial charge on any atom is -0.271 e. The van der Waals surface area contributed by atoms with Crippen LogP contribution in [0.2, 0.25) is 0 Å². The van der Waals surface area contributed by atoms with E-state index in [4.69, 9.17) is 5.84 Å². The Morgan fingerprint density at radius 2 is 2.18 bits per heavy atom. The van der Waals surface area contributed by atoms with Crippen molar-refractivity contribution in [3.8, 4) is 0 Å². The highest BCUT2D eigenvalue weighted by molar-refractivity contribution is 5.28. The van der Waals surface area contributed by atoms with E-state index in [9.17, 15) is 0 Å². The number of aromatic nitrogens is 3. The summed E-state index contributed by atoms with van der Waals surface area (Å²) in [4.78, 5) is 0. The first-order chi connectivity index (χ1) is 8.40. The van der Waals surface area contributed by atoms with Crippen LogP contribution in [0.1, 0.15) is 29.6 Å². The lowest BCUT2D eigenvalue weighted by atomic mass is 10.0. The number of hydrogen-bond acceptors (Lipinski definition) is 4. The first-order valence-electron chi connectivity index (χ1n) is 5.77. The monoisotopic (exact) mass is 229 g/mol. The lowest BCUT2D eigenvalue weighted by Crippen LogP contribution is -2.30. The van der Waals surface area contributed by atoms with Gasteiger partial charge in [-0.3, -0.25) is 11.3 Å². The third-order valence-electron chi connectivity index (χ3n) is 3.43. The molecule has 0 aliphatic heterocycles. The minimum absolute atomic E-state index is 0.0824. The van der Waals surface area contributed by atoms with Crippen molar-refractivity contribution in [3.05, 3.63) is 47.8 Å². The highest BCUT2D eigenvalue weighted by Gasteiger charge is 2.44. The summed E-state index contributed by atoms with van der Waals surface area (Å²) in [5.41, 5.74) is 5.10. The quantitative estimate of drug-likeness (QED) is 0.542. The van der Waals surface area contributed by atoms with Crippen LogP contribution in [0, 0.1) is 5.92 Å². The summed E-state index contributed by atoms with van der Waals surface area (Å²) in [6.45, 7) is 0. The molecule has 5 nitrogen and oxygen atoms in total. The number of rotatable bonds is 4. The lowest BCUT2D eigenvalue weighted by Gasteiger charge is -2.12. The fraction of sp³-hybridized carbons (Fsp3) is 0.333. The zero-order chi connectivity index (χ0) is 11.7. The fourth-order valence-corrected chi connectivity index (χ4v) is 2.46. The molecule has 3 unspecified atom stereocenters. The fourth-order valence-electron chi connectivity index (χ4n) is 2.46. The van der Waals surface area contributed by atoms with Gasteiger partial charge in [0.25, 0.3) is 0 Å². The maximum atomic E-state index is 5.61. The third kappa shape index (κ3) is 1.94. The van der Waals surface area contributed by atoms with Crippen LogP contribution >= 0.6 is 0 Å². The Morgan fingerprint density at radius 3 is 2.82 bits per heavy atom. The number of aromatic amines is 1. The van der Waals surface area contributed by atoms with Crippen molar-refractivity contribution in [2.45, 2.75) is 18.4 Å². The minimum atomic E-state index is 0.0824. The second-order valence-corrected chi connectivity index (χ2v) is 4.46. The van der Waals surface area contributed by atoms with Gasteiger partial charge in [-0.2, -0.15) is 15.4 Å². The normalized spacial score (nSPS) is 24.5. The number of nitrogens with one attached hydrogen (secondary N) is 2. The molecule has 1 aromatic carbocycles. The van der Waals surface area contributed by atoms with Crippen LogP contribution in [-0.4, -0.2) is 15.4 Å². The Kier molecular flexibility index (Phi) is 2.62. The molecule has 2 aromatic rings. The SMILES string of the molecule is NNC(c1cn[nH]n1)C1CC1c1ccccc1. The molecule has 4 N–H and O–H groups in total. The second kappa shape index (κ2) is 4.27. The van der Waals surface area contributed by atoms with Crippen LogP contribution in [-0.2, 0) is 0 Å². The summed E-state index contributed by atoms with van der Waals surface area (Å²) in [5.74, 6) is 6.70. The number of hydrogen-bond donors (Lipinski definition) is 3. The van der Waals surface area contributed by atoms with Gasteiger partial charge in [-0.25, -0.2) is 0 Å². The summed E-state index contributed by atoms with van der Waals surface area (Å²) in [7, 11) is 0. The van der Waals surface area contributed by atoms with Crippen molar-refractivity contribution in [3.63, 3.8) is 0 Å². The van der Waals surface area contributed by atoms with Gasteiger partial charge >= 0.3 is 0 Å². The molecule has 0 bridgehead atoms. The number of H-pyrrole nitrogens is 1. The van der Waals surface area contributed by atoms with E-state index in [0.29, 0.717) is 11.8 Å². The maximum Gasteiger partial charge on any atom is 0.101 e. The Morgan fingerprint density at radius 1 is 1.35 bits per heavy atom. The maximum absolute atomic E-state index is 5.61. The molecule has 0 saturated heterocycles. The first-order valence-corrected chi connectivity index (χ1v) is 5.77. The van der Waals surface area contributed by atoms with E-state index in [1.165, 1.54) is 5.56 Å². The zero-order valence-electron chi connectivity index (χ0n) is 9.38. The van der Waals surface area contributed by atoms with Gasteiger partial charge < -0.3 is 0 Å². The Balaban J connectivity index is 1.75. The summed E-state index contributed by atoms with van der Waals surface area (Å²) < 4.78 is 0. The average molecular weight is 229 g/mol. The molecule has 1 aliphatic carbocycles. The van der Waals surface area contributed by atoms with Crippen LogP contribution in [0.3, 0.4) is 0 Å². The predicted octanol–water partition coefficient (Wildman–Crippen LogP) is 1.11. The summed E-state index contributed by atoms with van der Waals surface area (Å²) in [6, 6.07) is 10.6. The van der Waals surface area contributed by atoms with E-state index in [0.717, 1.165) is 12.1 Å². The van der Waals surface area contributed by atoms with Crippen LogP contribution < -0.4 is 11.3 Å². The molecule has 5 heteroatoms. The number of benzene rings is 1. The molecular formula is C12H15N5. The number of hydrazine groups is 1. The Bertz CT molecular complexity index is 467. The predicted molar refractivity (Wildman–Crippen MR) is 63.7 cm³/mol. The largest absolute Gasteiger partial charge is 0.271 e. The van der Waals surface area contributed by atoms with E-state index < -0.39 is 0 Å². The van der Waals surface area contributed by atoms with Crippen molar-refractivity contribution < 1.29 is 0 Å². The average Bonchev–Trinajstić information content (AvgIpc) is 2.97. The molecular weight excluding hydrogens is 214 g/mol. The highest BCUT2D eigenvalue weighted by atomic mass is 15.3. The molecule has 88 valence electrons. The van der Waals surface area contributed by atoms with Gasteiger partial charge in [-0.15, -0.1) is 0 Å². The van der Waals surface area contributed by atoms with Crippen molar-refractivity contribution >= 4 is 0 Å². The Hall–Kier alpha value is -1.72. The highest BCUT2D eigenvalue weighted by Crippen LogP contribution is 2.53. The smallest absolute Gasteiger partial charge is 0.101 e. The topological polar surface area (TPSA) is 79.6 Å². The van der Waals surface area contributed by atoms with Crippen LogP contribution in [0.25, 0.3) is 0 Å². The molecule has 1 aliphatic rings. The molecule has 1 saturated carbocycles. The van der Waals surface area contributed by atoms with E-state index in [1.807, 2.05) is 6.07 Å². The van der Waals surface area contributed by atoms with Crippen molar-refractivity contribution in [1.29, 1.82) is 0 Å². The summed E-state index contributed by atoms with van der Waals surface area (Å²) >= 11 is 0. The molecule has 0 radical (unpaired) electrons.